The highest BCUT2D eigenvalue weighted by molar-refractivity contribution is 7.89. The van der Waals surface area contributed by atoms with Crippen LogP contribution in [-0.4, -0.2) is 63.6 Å². The Kier molecular flexibility index (Phi) is 7.96. The maximum Gasteiger partial charge on any atom is 0.338 e. The summed E-state index contributed by atoms with van der Waals surface area (Å²) in [6.07, 6.45) is 3.11. The first-order valence-corrected chi connectivity index (χ1v) is 12.4. The Balaban J connectivity index is 1.63. The van der Waals surface area contributed by atoms with Crippen LogP contribution in [0.25, 0.3) is 0 Å². The fourth-order valence-electron chi connectivity index (χ4n) is 4.00. The number of sulfonamides is 1. The first-order valence-electron chi connectivity index (χ1n) is 10.5. The largest absolute Gasteiger partial charge is 0.452 e. The second kappa shape index (κ2) is 10.3. The summed E-state index contributed by atoms with van der Waals surface area (Å²) in [4.78, 5) is 24.5. The molecular formula is C21H29ClN2O6S. The van der Waals surface area contributed by atoms with Crippen molar-refractivity contribution in [3.05, 3.63) is 28.8 Å². The van der Waals surface area contributed by atoms with E-state index in [0.29, 0.717) is 25.0 Å². The third-order valence-electron chi connectivity index (χ3n) is 6.14. The third-order valence-corrected chi connectivity index (χ3v) is 8.52. The summed E-state index contributed by atoms with van der Waals surface area (Å²) in [6.45, 7) is 4.89. The first-order chi connectivity index (χ1) is 14.7. The lowest BCUT2D eigenvalue weighted by Gasteiger charge is -2.34. The molecule has 0 bridgehead atoms. The van der Waals surface area contributed by atoms with Crippen molar-refractivity contribution in [2.75, 3.05) is 32.9 Å². The molecule has 1 aliphatic carbocycles. The van der Waals surface area contributed by atoms with Crippen molar-refractivity contribution in [1.82, 2.24) is 9.62 Å². The Morgan fingerprint density at radius 1 is 1.23 bits per heavy atom. The normalized spacial score (nSPS) is 25.1. The zero-order valence-corrected chi connectivity index (χ0v) is 19.4. The summed E-state index contributed by atoms with van der Waals surface area (Å²) < 4.78 is 37.4. The average molecular weight is 473 g/mol. The number of rotatable bonds is 6. The van der Waals surface area contributed by atoms with Crippen LogP contribution >= 0.6 is 11.6 Å². The lowest BCUT2D eigenvalue weighted by Crippen LogP contribution is -2.45. The number of morpholine rings is 1. The molecule has 1 aromatic rings. The number of esters is 1. The van der Waals surface area contributed by atoms with E-state index in [0.717, 1.165) is 19.3 Å². The lowest BCUT2D eigenvalue weighted by atomic mass is 9.78. The summed E-state index contributed by atoms with van der Waals surface area (Å²) in [5.41, 5.74) is 0.0173. The van der Waals surface area contributed by atoms with Gasteiger partial charge in [-0.1, -0.05) is 38.3 Å². The number of amides is 1. The monoisotopic (exact) mass is 472 g/mol. The molecular weight excluding hydrogens is 444 g/mol. The van der Waals surface area contributed by atoms with E-state index in [1.807, 2.05) is 0 Å². The maximum absolute atomic E-state index is 12.9. The number of ether oxygens (including phenoxy) is 2. The highest BCUT2D eigenvalue weighted by atomic mass is 35.5. The molecule has 1 heterocycles. The van der Waals surface area contributed by atoms with Gasteiger partial charge in [0.1, 0.15) is 4.90 Å². The molecule has 3 atom stereocenters. The molecule has 8 nitrogen and oxygen atoms in total. The summed E-state index contributed by atoms with van der Waals surface area (Å²) in [5, 5.41) is 2.96. The van der Waals surface area contributed by atoms with Crippen LogP contribution in [0.2, 0.25) is 5.02 Å². The van der Waals surface area contributed by atoms with Crippen LogP contribution in [-0.2, 0) is 24.3 Å². The molecule has 0 spiro atoms. The first kappa shape index (κ1) is 24.0. The summed E-state index contributed by atoms with van der Waals surface area (Å²) in [5.74, 6) is -0.259. The van der Waals surface area contributed by atoms with Gasteiger partial charge >= 0.3 is 5.97 Å². The highest BCUT2D eigenvalue weighted by Gasteiger charge is 2.30. The van der Waals surface area contributed by atoms with E-state index in [9.17, 15) is 18.0 Å². The van der Waals surface area contributed by atoms with Crippen molar-refractivity contribution in [3.63, 3.8) is 0 Å². The molecule has 0 aromatic heterocycles. The van der Waals surface area contributed by atoms with E-state index in [-0.39, 0.29) is 40.5 Å². The summed E-state index contributed by atoms with van der Waals surface area (Å²) in [6, 6.07) is 3.98. The van der Waals surface area contributed by atoms with Crippen LogP contribution in [0, 0.1) is 11.8 Å². The van der Waals surface area contributed by atoms with E-state index in [1.54, 1.807) is 0 Å². The fraction of sp³-hybridized carbons (Fsp3) is 0.619. The molecule has 1 amide bonds. The van der Waals surface area contributed by atoms with Crippen molar-refractivity contribution in [2.24, 2.45) is 11.8 Å². The second-order valence-electron chi connectivity index (χ2n) is 8.18. The van der Waals surface area contributed by atoms with Crippen LogP contribution in [0.4, 0.5) is 0 Å². The minimum atomic E-state index is -3.88. The molecule has 3 rings (SSSR count). The van der Waals surface area contributed by atoms with Crippen LogP contribution < -0.4 is 5.32 Å². The number of carbonyl (C=O) groups excluding carboxylic acids is 2. The Bertz CT molecular complexity index is 916. The van der Waals surface area contributed by atoms with Gasteiger partial charge in [0, 0.05) is 19.1 Å². The van der Waals surface area contributed by atoms with E-state index in [4.69, 9.17) is 21.1 Å². The van der Waals surface area contributed by atoms with Gasteiger partial charge < -0.3 is 14.8 Å². The molecule has 10 heteroatoms. The van der Waals surface area contributed by atoms with Crippen molar-refractivity contribution < 1.29 is 27.5 Å². The maximum atomic E-state index is 12.9. The van der Waals surface area contributed by atoms with Gasteiger partial charge in [0.25, 0.3) is 5.91 Å². The van der Waals surface area contributed by atoms with E-state index in [2.05, 4.69) is 19.2 Å². The second-order valence-corrected chi connectivity index (χ2v) is 10.5. The smallest absolute Gasteiger partial charge is 0.338 e. The molecule has 172 valence electrons. The minimum Gasteiger partial charge on any atom is -0.452 e. The van der Waals surface area contributed by atoms with Crippen LogP contribution in [0.5, 0.6) is 0 Å². The number of benzene rings is 1. The highest BCUT2D eigenvalue weighted by Crippen LogP contribution is 2.29. The number of nitrogens with one attached hydrogen (secondary N) is 1. The number of carbonyl (C=O) groups is 2. The molecule has 1 saturated carbocycles. The van der Waals surface area contributed by atoms with Gasteiger partial charge in [-0.3, -0.25) is 4.79 Å². The van der Waals surface area contributed by atoms with Crippen LogP contribution in [0.3, 0.4) is 0 Å². The van der Waals surface area contributed by atoms with E-state index >= 15 is 0 Å². The molecule has 1 saturated heterocycles. The molecule has 31 heavy (non-hydrogen) atoms. The van der Waals surface area contributed by atoms with Gasteiger partial charge in [-0.25, -0.2) is 13.2 Å². The topological polar surface area (TPSA) is 102 Å². The SMILES string of the molecule is C[C@@H]1[C@@H](C)CCC[C@H]1NC(=O)COC(=O)c1ccc(Cl)c(S(=O)(=O)N2CCOCC2)c1. The van der Waals surface area contributed by atoms with E-state index < -0.39 is 22.6 Å². The molecule has 2 aliphatic rings. The standard InChI is InChI=1S/C21H29ClN2O6S/c1-14-4-3-5-18(15(14)2)23-20(25)13-30-21(26)16-6-7-17(22)19(12-16)31(27,28)24-8-10-29-11-9-24/h6-7,12,14-15,18H,3-5,8-11,13H2,1-2H3,(H,23,25)/t14-,15+,18+/m0/s1. The Morgan fingerprint density at radius 2 is 1.94 bits per heavy atom. The minimum absolute atomic E-state index is 0.0150. The zero-order valence-electron chi connectivity index (χ0n) is 17.8. The van der Waals surface area contributed by atoms with E-state index in [1.165, 1.54) is 22.5 Å². The summed E-state index contributed by atoms with van der Waals surface area (Å²) in [7, 11) is -3.88. The predicted octanol–water partition coefficient (Wildman–Crippen LogP) is 2.46. The third kappa shape index (κ3) is 5.77. The molecule has 0 unspecified atom stereocenters. The van der Waals surface area contributed by atoms with Crippen LogP contribution in [0.15, 0.2) is 23.1 Å². The van der Waals surface area contributed by atoms with Gasteiger partial charge in [-0.15, -0.1) is 0 Å². The molecule has 1 aromatic carbocycles. The fourth-order valence-corrected chi connectivity index (χ4v) is 5.91. The quantitative estimate of drug-likeness (QED) is 0.638. The Hall–Kier alpha value is -1.68. The number of hydrogen-bond acceptors (Lipinski definition) is 6. The van der Waals surface area contributed by atoms with Gasteiger partial charge in [-0.2, -0.15) is 4.31 Å². The Labute approximate surface area is 188 Å². The predicted molar refractivity (Wildman–Crippen MR) is 115 cm³/mol. The number of nitrogens with zero attached hydrogens (tertiary/aromatic N) is 1. The van der Waals surface area contributed by atoms with Crippen molar-refractivity contribution in [1.29, 1.82) is 0 Å². The van der Waals surface area contributed by atoms with Gasteiger partial charge in [0.15, 0.2) is 6.61 Å². The Morgan fingerprint density at radius 3 is 2.65 bits per heavy atom. The average Bonchev–Trinajstić information content (AvgIpc) is 2.76. The molecule has 2 fully saturated rings. The zero-order chi connectivity index (χ0) is 22.6. The van der Waals surface area contributed by atoms with Crippen molar-refractivity contribution >= 4 is 33.5 Å². The number of hydrogen-bond donors (Lipinski definition) is 1. The van der Waals surface area contributed by atoms with Crippen LogP contribution in [0.1, 0.15) is 43.5 Å². The summed E-state index contributed by atoms with van der Waals surface area (Å²) >= 11 is 6.11. The molecule has 1 aliphatic heterocycles. The van der Waals surface area contributed by atoms with Gasteiger partial charge in [0.2, 0.25) is 10.0 Å². The van der Waals surface area contributed by atoms with Crippen molar-refractivity contribution in [2.45, 2.75) is 44.0 Å². The molecule has 0 radical (unpaired) electrons. The van der Waals surface area contributed by atoms with Crippen molar-refractivity contribution in [3.8, 4) is 0 Å². The van der Waals surface area contributed by atoms with Gasteiger partial charge in [0.05, 0.1) is 23.8 Å². The van der Waals surface area contributed by atoms with Gasteiger partial charge in [-0.05, 0) is 36.5 Å². The lowest BCUT2D eigenvalue weighted by molar-refractivity contribution is -0.125. The number of halogens is 1. The molecule has 1 N–H and O–H groups in total.